The van der Waals surface area contributed by atoms with E-state index in [1.807, 2.05) is 26.8 Å². The van der Waals surface area contributed by atoms with Gasteiger partial charge < -0.3 is 19.8 Å². The van der Waals surface area contributed by atoms with E-state index in [9.17, 15) is 19.5 Å². The van der Waals surface area contributed by atoms with Crippen LogP contribution in [0.15, 0.2) is 66.8 Å². The predicted octanol–water partition coefficient (Wildman–Crippen LogP) is 5.10. The molecule has 37 heavy (non-hydrogen) atoms. The summed E-state index contributed by atoms with van der Waals surface area (Å²) in [5, 5.41) is 19.6. The van der Waals surface area contributed by atoms with Crippen molar-refractivity contribution in [3.63, 3.8) is 0 Å². The number of amides is 1. The molecule has 2 aromatic rings. The second-order valence-corrected chi connectivity index (χ2v) is 10.4. The van der Waals surface area contributed by atoms with Gasteiger partial charge in [-0.15, -0.1) is 0 Å². The molecule has 0 unspecified atom stereocenters. The highest BCUT2D eigenvalue weighted by atomic mass is 35.5. The number of hydrogen-bond donors (Lipinski definition) is 2. The summed E-state index contributed by atoms with van der Waals surface area (Å²) in [5.41, 5.74) is 1.79. The topological polar surface area (TPSA) is 104 Å². The molecule has 0 spiro atoms. The Morgan fingerprint density at radius 1 is 1.19 bits per heavy atom. The van der Waals surface area contributed by atoms with Gasteiger partial charge in [0.1, 0.15) is 6.10 Å². The molecule has 2 N–H and O–H groups in total. The molecule has 1 heterocycles. The summed E-state index contributed by atoms with van der Waals surface area (Å²) in [5.74, 6) is -1.87. The first kappa shape index (κ1) is 28.3. The van der Waals surface area contributed by atoms with Crippen molar-refractivity contribution in [2.75, 3.05) is 18.1 Å². The zero-order chi connectivity index (χ0) is 27.3. The Bertz CT molecular complexity index is 1220. The summed E-state index contributed by atoms with van der Waals surface area (Å²) >= 11 is 6.30. The number of carbonyl (C=O) groups excluding carboxylic acids is 2. The lowest BCUT2D eigenvalue weighted by Crippen LogP contribution is -2.49. The van der Waals surface area contributed by atoms with Crippen LogP contribution in [0, 0.1) is 5.41 Å². The molecule has 0 fully saturated rings. The molecule has 0 bridgehead atoms. The lowest BCUT2D eigenvalue weighted by atomic mass is 9.91. The number of Topliss-reactive ketones (excluding diaryl/α,β-unsaturated/α-hetero) is 1. The van der Waals surface area contributed by atoms with Gasteiger partial charge in [0.15, 0.2) is 5.78 Å². The summed E-state index contributed by atoms with van der Waals surface area (Å²) in [6.07, 6.45) is 2.04. The molecule has 196 valence electrons. The molecule has 0 aliphatic carbocycles. The number of hydrogen-bond acceptors (Lipinski definition) is 5. The van der Waals surface area contributed by atoms with E-state index in [1.165, 1.54) is 24.3 Å². The minimum atomic E-state index is -1.13. The number of carbonyl (C=O) groups is 3. The molecule has 8 heteroatoms. The van der Waals surface area contributed by atoms with Crippen molar-refractivity contribution in [1.82, 2.24) is 0 Å². The number of nitrogens with zero attached hydrogens (tertiary/aromatic N) is 1. The van der Waals surface area contributed by atoms with Gasteiger partial charge in [0.25, 0.3) is 5.91 Å². The average Bonchev–Trinajstić information content (AvgIpc) is 2.85. The van der Waals surface area contributed by atoms with Crippen molar-refractivity contribution in [3.8, 4) is 0 Å². The fourth-order valence-corrected chi connectivity index (χ4v) is 4.37. The van der Waals surface area contributed by atoms with E-state index in [0.717, 1.165) is 5.56 Å². The van der Waals surface area contributed by atoms with E-state index in [0.29, 0.717) is 22.7 Å². The minimum absolute atomic E-state index is 0.0604. The van der Waals surface area contributed by atoms with Crippen molar-refractivity contribution >= 4 is 34.9 Å². The molecule has 0 saturated carbocycles. The van der Waals surface area contributed by atoms with Crippen LogP contribution in [0.3, 0.4) is 0 Å². The quantitative estimate of drug-likeness (QED) is 0.348. The molecular weight excluding hydrogens is 494 g/mol. The number of aliphatic hydroxyl groups excluding tert-OH is 1. The normalized spacial score (nSPS) is 18.3. The van der Waals surface area contributed by atoms with Crippen LogP contribution in [0.25, 0.3) is 0 Å². The van der Waals surface area contributed by atoms with Crippen LogP contribution in [-0.2, 0) is 16.0 Å². The van der Waals surface area contributed by atoms with Crippen molar-refractivity contribution in [3.05, 3.63) is 88.5 Å². The first-order valence-corrected chi connectivity index (χ1v) is 12.4. The van der Waals surface area contributed by atoms with Crippen LogP contribution >= 0.6 is 11.6 Å². The number of allylic oxidation sites excluding steroid dienone is 1. The van der Waals surface area contributed by atoms with Crippen molar-refractivity contribution in [2.24, 2.45) is 5.41 Å². The van der Waals surface area contributed by atoms with E-state index in [4.69, 9.17) is 21.4 Å². The largest absolute Gasteiger partial charge is 0.478 e. The summed E-state index contributed by atoms with van der Waals surface area (Å²) < 4.78 is 6.28. The molecule has 2 aromatic carbocycles. The SMILES string of the molecule is C=C(/C=C\C)[C@@H]1Cc2cc(Cl)ccc2N(CC(C)(C)CO)C(=O)[C@@H](CC(=O)c2ccc(C(=O)O)cc2)O1. The third kappa shape index (κ3) is 6.95. The van der Waals surface area contributed by atoms with E-state index in [2.05, 4.69) is 6.58 Å². The Labute approximate surface area is 222 Å². The number of aliphatic hydroxyl groups is 1. The molecule has 0 radical (unpaired) electrons. The minimum Gasteiger partial charge on any atom is -0.478 e. The van der Waals surface area contributed by atoms with E-state index in [1.54, 1.807) is 29.2 Å². The molecule has 1 amide bonds. The van der Waals surface area contributed by atoms with Crippen molar-refractivity contribution in [2.45, 2.75) is 45.8 Å². The van der Waals surface area contributed by atoms with Gasteiger partial charge in [-0.05, 0) is 48.4 Å². The van der Waals surface area contributed by atoms with Gasteiger partial charge in [-0.25, -0.2) is 4.79 Å². The smallest absolute Gasteiger partial charge is 0.335 e. The molecule has 0 saturated heterocycles. The fourth-order valence-electron chi connectivity index (χ4n) is 4.18. The van der Waals surface area contributed by atoms with Crippen LogP contribution in [0.5, 0.6) is 0 Å². The van der Waals surface area contributed by atoms with Gasteiger partial charge in [0.05, 0.1) is 11.7 Å². The molecule has 3 rings (SSSR count). The Hall–Kier alpha value is -3.26. The van der Waals surface area contributed by atoms with E-state index in [-0.39, 0.29) is 36.5 Å². The molecule has 1 aliphatic heterocycles. The summed E-state index contributed by atoms with van der Waals surface area (Å²) in [4.78, 5) is 39.9. The van der Waals surface area contributed by atoms with Gasteiger partial charge in [-0.1, -0.05) is 56.3 Å². The Balaban J connectivity index is 2.04. The maximum absolute atomic E-state index is 14.0. The van der Waals surface area contributed by atoms with Crippen LogP contribution in [-0.4, -0.2) is 53.2 Å². The predicted molar refractivity (Wildman–Crippen MR) is 143 cm³/mol. The lowest BCUT2D eigenvalue weighted by molar-refractivity contribution is -0.133. The summed E-state index contributed by atoms with van der Waals surface area (Å²) in [7, 11) is 0. The number of fused-ring (bicyclic) bond motifs is 1. The van der Waals surface area contributed by atoms with Gasteiger partial charge in [0.2, 0.25) is 0 Å². The Morgan fingerprint density at radius 3 is 2.43 bits per heavy atom. The number of benzene rings is 2. The zero-order valence-electron chi connectivity index (χ0n) is 21.2. The summed E-state index contributed by atoms with van der Waals surface area (Å²) in [6, 6.07) is 10.8. The zero-order valence-corrected chi connectivity index (χ0v) is 22.0. The molecule has 2 atom stereocenters. The number of anilines is 1. The number of carboxylic acids is 1. The lowest BCUT2D eigenvalue weighted by Gasteiger charge is -2.38. The number of ketones is 1. The van der Waals surface area contributed by atoms with Gasteiger partial charge in [-0.2, -0.15) is 0 Å². The molecule has 7 nitrogen and oxygen atoms in total. The van der Waals surface area contributed by atoms with Crippen molar-refractivity contribution in [1.29, 1.82) is 0 Å². The molecular formula is C29H32ClNO6. The number of halogens is 1. The van der Waals surface area contributed by atoms with Gasteiger partial charge in [0, 0.05) is 47.7 Å². The van der Waals surface area contributed by atoms with Crippen LogP contribution < -0.4 is 4.90 Å². The van der Waals surface area contributed by atoms with Crippen LogP contribution in [0.4, 0.5) is 5.69 Å². The number of aromatic carboxylic acids is 1. The standard InChI is InChI=1S/C29H32ClNO6/c1-5-6-18(2)25-14-21-13-22(30)11-12-23(21)31(16-29(3,4)17-32)27(34)26(37-25)15-24(33)19-7-9-20(10-8-19)28(35)36/h5-13,25-26,32H,2,14-17H2,1,3-4H3,(H,35,36)/b6-5-/t25-,26+/m0/s1. The third-order valence-electron chi connectivity index (χ3n) is 6.24. The number of carboxylic acid groups (broad SMARTS) is 1. The second-order valence-electron chi connectivity index (χ2n) is 9.92. The Kier molecular flexibility index (Phi) is 9.07. The van der Waals surface area contributed by atoms with E-state index >= 15 is 0 Å². The Morgan fingerprint density at radius 2 is 1.84 bits per heavy atom. The van der Waals surface area contributed by atoms with E-state index < -0.39 is 29.5 Å². The maximum atomic E-state index is 14.0. The first-order valence-electron chi connectivity index (χ1n) is 12.0. The highest BCUT2D eigenvalue weighted by molar-refractivity contribution is 6.30. The number of rotatable bonds is 9. The molecule has 1 aliphatic rings. The van der Waals surface area contributed by atoms with Crippen LogP contribution in [0.1, 0.15) is 53.5 Å². The van der Waals surface area contributed by atoms with Gasteiger partial charge in [-0.3, -0.25) is 9.59 Å². The second kappa shape index (κ2) is 11.9. The number of ether oxygens (including phenoxy) is 1. The summed E-state index contributed by atoms with van der Waals surface area (Å²) in [6.45, 7) is 9.69. The highest BCUT2D eigenvalue weighted by Crippen LogP contribution is 2.34. The van der Waals surface area contributed by atoms with Crippen molar-refractivity contribution < 1.29 is 29.3 Å². The average molecular weight is 526 g/mol. The molecule has 0 aromatic heterocycles. The first-order chi connectivity index (χ1) is 17.5. The fraction of sp³-hybridized carbons (Fsp3) is 0.345. The van der Waals surface area contributed by atoms with Crippen LogP contribution in [0.2, 0.25) is 5.02 Å². The highest BCUT2D eigenvalue weighted by Gasteiger charge is 2.37. The third-order valence-corrected chi connectivity index (χ3v) is 6.48. The maximum Gasteiger partial charge on any atom is 0.335 e. The van der Waals surface area contributed by atoms with Gasteiger partial charge >= 0.3 is 5.97 Å². The monoisotopic (exact) mass is 525 g/mol.